The van der Waals surface area contributed by atoms with Crippen molar-refractivity contribution < 1.29 is 23.7 Å². The normalized spacial score (nSPS) is 10.4. The van der Waals surface area contributed by atoms with Gasteiger partial charge in [-0.2, -0.15) is 0 Å². The number of hydrogen-bond acceptors (Lipinski definition) is 7. The molecule has 0 aliphatic heterocycles. The van der Waals surface area contributed by atoms with Crippen molar-refractivity contribution in [1.82, 2.24) is 5.16 Å². The molecule has 0 saturated carbocycles. The maximum Gasteiger partial charge on any atom is 0.296 e. The Balaban J connectivity index is 1.81. The molecule has 3 aromatic rings. The maximum absolute atomic E-state index is 12.7. The molecule has 0 atom stereocenters. The van der Waals surface area contributed by atoms with E-state index in [0.717, 1.165) is 0 Å². The fraction of sp³-hybridized carbons (Fsp3) is 0.158. The summed E-state index contributed by atoms with van der Waals surface area (Å²) in [6.45, 7) is 1.64. The van der Waals surface area contributed by atoms with E-state index >= 15 is 0 Å². The Hall–Kier alpha value is -3.59. The van der Waals surface area contributed by atoms with Gasteiger partial charge in [0.05, 0.1) is 23.7 Å². The van der Waals surface area contributed by atoms with E-state index in [9.17, 15) is 14.9 Å². The van der Waals surface area contributed by atoms with E-state index < -0.39 is 10.8 Å². The Morgan fingerprint density at radius 3 is 2.76 bits per heavy atom. The van der Waals surface area contributed by atoms with Gasteiger partial charge >= 0.3 is 0 Å². The van der Waals surface area contributed by atoms with Crippen LogP contribution in [0.4, 0.5) is 11.4 Å². The van der Waals surface area contributed by atoms with Crippen molar-refractivity contribution in [3.8, 4) is 11.5 Å². The van der Waals surface area contributed by atoms with Crippen LogP contribution in [0, 0.1) is 17.0 Å². The second-order valence-electron chi connectivity index (χ2n) is 5.91. The number of benzene rings is 2. The highest BCUT2D eigenvalue weighted by Crippen LogP contribution is 2.30. The minimum absolute atomic E-state index is 0.00293. The predicted molar refractivity (Wildman–Crippen MR) is 105 cm³/mol. The molecular formula is C19H16ClN3O6. The summed E-state index contributed by atoms with van der Waals surface area (Å²) >= 11 is 5.93. The van der Waals surface area contributed by atoms with Crippen LogP contribution in [0.3, 0.4) is 0 Å². The fourth-order valence-electron chi connectivity index (χ4n) is 2.53. The number of nitrogens with zero attached hydrogens (tertiary/aromatic N) is 2. The first-order valence-electron chi connectivity index (χ1n) is 8.36. The molecule has 2 aromatic carbocycles. The van der Waals surface area contributed by atoms with Crippen LogP contribution in [-0.2, 0) is 6.61 Å². The summed E-state index contributed by atoms with van der Waals surface area (Å²) in [5.74, 6) is 0.527. The molecule has 0 aliphatic carbocycles. The van der Waals surface area contributed by atoms with Gasteiger partial charge in [0.2, 0.25) is 0 Å². The highest BCUT2D eigenvalue weighted by Gasteiger charge is 2.24. The van der Waals surface area contributed by atoms with Gasteiger partial charge in [0.25, 0.3) is 11.6 Å². The van der Waals surface area contributed by atoms with E-state index in [2.05, 4.69) is 10.5 Å². The molecule has 0 radical (unpaired) electrons. The number of amides is 1. The van der Waals surface area contributed by atoms with E-state index in [1.54, 1.807) is 31.2 Å². The van der Waals surface area contributed by atoms with Gasteiger partial charge in [0, 0.05) is 5.02 Å². The SMILES string of the molecule is COc1ccc(NC(=O)c2noc(C)c2COc2cccc(Cl)c2)c([N+](=O)[O-])c1. The molecule has 10 heteroatoms. The van der Waals surface area contributed by atoms with Crippen LogP contribution in [-0.4, -0.2) is 23.1 Å². The summed E-state index contributed by atoms with van der Waals surface area (Å²) in [7, 11) is 1.39. The molecule has 1 amide bonds. The molecule has 29 heavy (non-hydrogen) atoms. The van der Waals surface area contributed by atoms with E-state index in [-0.39, 0.29) is 23.7 Å². The number of carbonyl (C=O) groups is 1. The van der Waals surface area contributed by atoms with Crippen LogP contribution in [0.1, 0.15) is 21.8 Å². The number of rotatable bonds is 7. The van der Waals surface area contributed by atoms with Crippen molar-refractivity contribution in [2.75, 3.05) is 12.4 Å². The van der Waals surface area contributed by atoms with Gasteiger partial charge in [0.15, 0.2) is 5.69 Å². The number of halogens is 1. The first-order valence-corrected chi connectivity index (χ1v) is 8.74. The van der Waals surface area contributed by atoms with Gasteiger partial charge in [-0.15, -0.1) is 0 Å². The zero-order chi connectivity index (χ0) is 21.0. The number of anilines is 1. The van der Waals surface area contributed by atoms with Gasteiger partial charge in [-0.3, -0.25) is 14.9 Å². The topological polar surface area (TPSA) is 117 Å². The number of nitro groups is 1. The fourth-order valence-corrected chi connectivity index (χ4v) is 2.71. The van der Waals surface area contributed by atoms with Crippen LogP contribution in [0.15, 0.2) is 47.0 Å². The largest absolute Gasteiger partial charge is 0.496 e. The summed E-state index contributed by atoms with van der Waals surface area (Å²) in [5.41, 5.74) is 0.0751. The molecular weight excluding hydrogens is 402 g/mol. The molecule has 3 rings (SSSR count). The maximum atomic E-state index is 12.7. The summed E-state index contributed by atoms with van der Waals surface area (Å²) in [6, 6.07) is 10.9. The molecule has 1 N–H and O–H groups in total. The molecule has 0 fully saturated rings. The van der Waals surface area contributed by atoms with Gasteiger partial charge in [-0.25, -0.2) is 0 Å². The van der Waals surface area contributed by atoms with Crippen LogP contribution in [0.2, 0.25) is 5.02 Å². The molecule has 1 heterocycles. The molecule has 0 aliphatic rings. The average Bonchev–Trinajstić information content (AvgIpc) is 3.07. The Bertz CT molecular complexity index is 1070. The van der Waals surface area contributed by atoms with Crippen molar-refractivity contribution in [3.05, 3.63) is 74.6 Å². The van der Waals surface area contributed by atoms with Gasteiger partial charge in [-0.1, -0.05) is 22.8 Å². The molecule has 0 spiro atoms. The van der Waals surface area contributed by atoms with E-state index in [4.69, 9.17) is 25.6 Å². The lowest BCUT2D eigenvalue weighted by Gasteiger charge is -2.08. The summed E-state index contributed by atoms with van der Waals surface area (Å²) in [6.07, 6.45) is 0. The number of aryl methyl sites for hydroxylation is 1. The number of aromatic nitrogens is 1. The minimum Gasteiger partial charge on any atom is -0.496 e. The van der Waals surface area contributed by atoms with Gasteiger partial charge in [0.1, 0.15) is 29.6 Å². The molecule has 150 valence electrons. The molecule has 1 aromatic heterocycles. The number of carbonyl (C=O) groups excluding carboxylic acids is 1. The first kappa shape index (κ1) is 20.2. The van der Waals surface area contributed by atoms with E-state index in [1.807, 2.05) is 0 Å². The summed E-state index contributed by atoms with van der Waals surface area (Å²) < 4.78 is 15.8. The van der Waals surface area contributed by atoms with Crippen molar-refractivity contribution in [3.63, 3.8) is 0 Å². The summed E-state index contributed by atoms with van der Waals surface area (Å²) in [4.78, 5) is 23.4. The zero-order valence-electron chi connectivity index (χ0n) is 15.5. The number of nitrogens with one attached hydrogen (secondary N) is 1. The van der Waals surface area contributed by atoms with Crippen LogP contribution in [0.5, 0.6) is 11.5 Å². The molecule has 9 nitrogen and oxygen atoms in total. The number of hydrogen-bond donors (Lipinski definition) is 1. The second-order valence-corrected chi connectivity index (χ2v) is 6.34. The molecule has 0 bridgehead atoms. The molecule has 0 unspecified atom stereocenters. The summed E-state index contributed by atoms with van der Waals surface area (Å²) in [5, 5.41) is 18.1. The lowest BCUT2D eigenvalue weighted by molar-refractivity contribution is -0.384. The Morgan fingerprint density at radius 2 is 2.07 bits per heavy atom. The predicted octanol–water partition coefficient (Wildman–Crippen LogP) is 4.38. The third kappa shape index (κ3) is 4.64. The Morgan fingerprint density at radius 1 is 1.28 bits per heavy atom. The highest BCUT2D eigenvalue weighted by molar-refractivity contribution is 6.30. The second kappa shape index (κ2) is 8.61. The van der Waals surface area contributed by atoms with Crippen molar-refractivity contribution in [2.24, 2.45) is 0 Å². The highest BCUT2D eigenvalue weighted by atomic mass is 35.5. The van der Waals surface area contributed by atoms with Gasteiger partial charge < -0.3 is 19.3 Å². The lowest BCUT2D eigenvalue weighted by atomic mass is 10.2. The molecule has 0 saturated heterocycles. The Labute approximate surface area is 170 Å². The lowest BCUT2D eigenvalue weighted by Crippen LogP contribution is -2.16. The minimum atomic E-state index is -0.667. The number of nitro benzene ring substituents is 1. The van der Waals surface area contributed by atoms with Crippen LogP contribution in [0.25, 0.3) is 0 Å². The smallest absolute Gasteiger partial charge is 0.296 e. The number of ether oxygens (including phenoxy) is 2. The van der Waals surface area contributed by atoms with E-state index in [0.29, 0.717) is 27.8 Å². The van der Waals surface area contributed by atoms with Crippen molar-refractivity contribution in [1.29, 1.82) is 0 Å². The average molecular weight is 418 g/mol. The van der Waals surface area contributed by atoms with Crippen molar-refractivity contribution >= 4 is 28.9 Å². The standard InChI is InChI=1S/C19H16ClN3O6/c1-11-15(10-28-14-5-3-4-12(20)8-14)18(22-29-11)19(24)21-16-7-6-13(27-2)9-17(16)23(25)26/h3-9H,10H2,1-2H3,(H,21,24). The Kier molecular flexibility index (Phi) is 5.99. The monoisotopic (exact) mass is 417 g/mol. The zero-order valence-corrected chi connectivity index (χ0v) is 16.2. The van der Waals surface area contributed by atoms with Crippen LogP contribution >= 0.6 is 11.6 Å². The van der Waals surface area contributed by atoms with Crippen LogP contribution < -0.4 is 14.8 Å². The first-order chi connectivity index (χ1) is 13.9. The third-order valence-electron chi connectivity index (χ3n) is 4.03. The van der Waals surface area contributed by atoms with Crippen molar-refractivity contribution in [2.45, 2.75) is 13.5 Å². The number of methoxy groups -OCH3 is 1. The van der Waals surface area contributed by atoms with E-state index in [1.165, 1.54) is 25.3 Å². The quantitative estimate of drug-likeness (QED) is 0.447. The van der Waals surface area contributed by atoms with Gasteiger partial charge in [-0.05, 0) is 37.3 Å². The third-order valence-corrected chi connectivity index (χ3v) is 4.26.